The van der Waals surface area contributed by atoms with Crippen LogP contribution in [0.25, 0.3) is 0 Å². The maximum Gasteiger partial charge on any atom is 0.229 e. The van der Waals surface area contributed by atoms with Gasteiger partial charge in [0.2, 0.25) is 18.1 Å². The number of nitrogens with zero attached hydrogens (tertiary/aromatic N) is 1. The van der Waals surface area contributed by atoms with E-state index in [0.717, 1.165) is 51.4 Å². The van der Waals surface area contributed by atoms with Crippen molar-refractivity contribution in [3.8, 4) is 0 Å². The summed E-state index contributed by atoms with van der Waals surface area (Å²) < 4.78 is 0. The molecule has 0 aliphatic carbocycles. The Bertz CT molecular complexity index is 582. The zero-order valence-corrected chi connectivity index (χ0v) is 29.0. The van der Waals surface area contributed by atoms with Crippen LogP contribution in [0.3, 0.4) is 0 Å². The molecule has 0 saturated carbocycles. The monoisotopic (exact) mass is 606 g/mol. The summed E-state index contributed by atoms with van der Waals surface area (Å²) in [6, 6.07) is -0.768. The third-order valence-corrected chi connectivity index (χ3v) is 8.91. The molecule has 5 heteroatoms. The van der Waals surface area contributed by atoms with E-state index in [2.05, 4.69) is 13.8 Å². The second-order valence-electron chi connectivity index (χ2n) is 13.1. The van der Waals surface area contributed by atoms with Gasteiger partial charge in [-0.25, -0.2) is 0 Å². The lowest BCUT2D eigenvalue weighted by Crippen LogP contribution is -2.45. The van der Waals surface area contributed by atoms with Gasteiger partial charge in [0.25, 0.3) is 0 Å². The van der Waals surface area contributed by atoms with Gasteiger partial charge in [0.1, 0.15) is 6.04 Å². The van der Waals surface area contributed by atoms with Gasteiger partial charge >= 0.3 is 0 Å². The number of carbonyl (C=O) groups excluding carboxylic acids is 3. The molecule has 0 unspecified atom stereocenters. The quantitative estimate of drug-likeness (QED) is 0.0740. The van der Waals surface area contributed by atoms with Crippen molar-refractivity contribution in [2.75, 3.05) is 6.54 Å². The number of hydrogen-bond donors (Lipinski definition) is 1. The highest BCUT2D eigenvalue weighted by Crippen LogP contribution is 2.18. The first-order valence-electron chi connectivity index (χ1n) is 19.0. The summed E-state index contributed by atoms with van der Waals surface area (Å²) in [5.74, 6) is -0.382. The molecule has 253 valence electrons. The minimum absolute atomic E-state index is 0.191. The number of rotatable bonds is 34. The number of unbranched alkanes of at least 4 members (excludes halogenated alkanes) is 25. The predicted molar refractivity (Wildman–Crippen MR) is 185 cm³/mol. The molecule has 2 N–H and O–H groups in total. The predicted octanol–water partition coefficient (Wildman–Crippen LogP) is 10.9. The van der Waals surface area contributed by atoms with Gasteiger partial charge in [-0.2, -0.15) is 0 Å². The van der Waals surface area contributed by atoms with Crippen molar-refractivity contribution in [1.29, 1.82) is 0 Å². The molecule has 0 aromatic rings. The Morgan fingerprint density at radius 2 is 0.791 bits per heavy atom. The summed E-state index contributed by atoms with van der Waals surface area (Å²) >= 11 is 0. The topological polar surface area (TPSA) is 80.5 Å². The van der Waals surface area contributed by atoms with Crippen LogP contribution in [0.5, 0.6) is 0 Å². The second-order valence-corrected chi connectivity index (χ2v) is 13.1. The molecule has 0 aromatic carbocycles. The Morgan fingerprint density at radius 3 is 1.07 bits per heavy atom. The molecule has 0 aliphatic heterocycles. The highest BCUT2D eigenvalue weighted by molar-refractivity contribution is 5.97. The molecule has 0 spiro atoms. The van der Waals surface area contributed by atoms with Crippen LogP contribution < -0.4 is 5.73 Å². The molecule has 1 radical (unpaired) electrons. The van der Waals surface area contributed by atoms with E-state index < -0.39 is 6.04 Å². The van der Waals surface area contributed by atoms with Crippen LogP contribution in [0.1, 0.15) is 213 Å². The number of amides is 2. The van der Waals surface area contributed by atoms with Crippen LogP contribution >= 0.6 is 0 Å². The molecule has 0 aromatic heterocycles. The molecule has 0 aliphatic rings. The SMILES string of the molecule is CCCCCCCCCCCCCCCC(=O)N(C(=O)CCCCCCCCCCCCCCC)[C@H]([C]=O)CCCCN. The minimum Gasteiger partial charge on any atom is -0.330 e. The van der Waals surface area contributed by atoms with E-state index in [1.165, 1.54) is 133 Å². The average molecular weight is 606 g/mol. The highest BCUT2D eigenvalue weighted by atomic mass is 16.2. The highest BCUT2D eigenvalue weighted by Gasteiger charge is 2.29. The van der Waals surface area contributed by atoms with Crippen molar-refractivity contribution < 1.29 is 14.4 Å². The summed E-state index contributed by atoms with van der Waals surface area (Å²) in [7, 11) is 0. The maximum absolute atomic E-state index is 13.2. The first-order valence-corrected chi connectivity index (χ1v) is 19.0. The van der Waals surface area contributed by atoms with Gasteiger partial charge in [0.05, 0.1) is 0 Å². The first-order chi connectivity index (χ1) is 21.1. The van der Waals surface area contributed by atoms with Crippen molar-refractivity contribution in [1.82, 2.24) is 4.90 Å². The Labute approximate surface area is 268 Å². The first kappa shape index (κ1) is 41.8. The van der Waals surface area contributed by atoms with E-state index in [1.54, 1.807) is 0 Å². The molecular formula is C38H73N2O3. The Balaban J connectivity index is 4.24. The minimum atomic E-state index is -0.768. The summed E-state index contributed by atoms with van der Waals surface area (Å²) in [6.45, 7) is 5.07. The number of hydrogen-bond acceptors (Lipinski definition) is 4. The van der Waals surface area contributed by atoms with Crippen LogP contribution in [0.15, 0.2) is 0 Å². The van der Waals surface area contributed by atoms with E-state index in [-0.39, 0.29) is 11.8 Å². The lowest BCUT2D eigenvalue weighted by atomic mass is 10.0. The van der Waals surface area contributed by atoms with E-state index in [1.807, 2.05) is 6.29 Å². The number of carbonyl (C=O) groups is 2. The van der Waals surface area contributed by atoms with Crippen molar-refractivity contribution in [2.24, 2.45) is 5.73 Å². The molecule has 0 heterocycles. The van der Waals surface area contributed by atoms with Crippen LogP contribution in [-0.2, 0) is 14.4 Å². The van der Waals surface area contributed by atoms with E-state index in [4.69, 9.17) is 5.73 Å². The zero-order chi connectivity index (χ0) is 31.6. The Hall–Kier alpha value is -1.23. The molecule has 0 fully saturated rings. The van der Waals surface area contributed by atoms with E-state index >= 15 is 0 Å². The number of nitrogens with two attached hydrogens (primary N) is 1. The van der Waals surface area contributed by atoms with Gasteiger partial charge in [-0.05, 0) is 38.6 Å². The summed E-state index contributed by atoms with van der Waals surface area (Å²) in [4.78, 5) is 39.4. The lowest BCUT2D eigenvalue weighted by molar-refractivity contribution is -0.146. The number of imide groups is 1. The van der Waals surface area contributed by atoms with E-state index in [0.29, 0.717) is 25.8 Å². The van der Waals surface area contributed by atoms with E-state index in [9.17, 15) is 14.4 Å². The average Bonchev–Trinajstić information content (AvgIpc) is 3.01. The van der Waals surface area contributed by atoms with Gasteiger partial charge in [0, 0.05) is 12.8 Å². The molecule has 5 nitrogen and oxygen atoms in total. The smallest absolute Gasteiger partial charge is 0.229 e. The fraction of sp³-hybridized carbons (Fsp3) is 0.921. The molecular weight excluding hydrogens is 532 g/mol. The molecule has 43 heavy (non-hydrogen) atoms. The third kappa shape index (κ3) is 26.9. The molecule has 2 amide bonds. The van der Waals surface area contributed by atoms with Crippen LogP contribution in [0.4, 0.5) is 0 Å². The summed E-state index contributed by atoms with van der Waals surface area (Å²) in [5, 5.41) is 0. The third-order valence-electron chi connectivity index (χ3n) is 8.91. The van der Waals surface area contributed by atoms with Crippen LogP contribution in [0.2, 0.25) is 0 Å². The van der Waals surface area contributed by atoms with Crippen molar-refractivity contribution in [3.63, 3.8) is 0 Å². The normalized spacial score (nSPS) is 12.0. The Kier molecular flexibility index (Phi) is 32.7. The van der Waals surface area contributed by atoms with Gasteiger partial charge in [-0.3, -0.25) is 19.3 Å². The van der Waals surface area contributed by atoms with Gasteiger partial charge in [-0.1, -0.05) is 168 Å². The fourth-order valence-corrected chi connectivity index (χ4v) is 6.04. The van der Waals surface area contributed by atoms with Crippen LogP contribution in [-0.4, -0.2) is 35.6 Å². The Morgan fingerprint density at radius 1 is 0.488 bits per heavy atom. The zero-order valence-electron chi connectivity index (χ0n) is 29.0. The molecule has 0 rings (SSSR count). The lowest BCUT2D eigenvalue weighted by Gasteiger charge is -2.26. The summed E-state index contributed by atoms with van der Waals surface area (Å²) in [6.07, 6.45) is 37.2. The van der Waals surface area contributed by atoms with Gasteiger partial charge < -0.3 is 5.73 Å². The molecule has 0 bridgehead atoms. The van der Waals surface area contributed by atoms with Crippen molar-refractivity contribution in [2.45, 2.75) is 219 Å². The molecule has 1 atom stereocenters. The van der Waals surface area contributed by atoms with Crippen molar-refractivity contribution in [3.05, 3.63) is 0 Å². The van der Waals surface area contributed by atoms with Crippen LogP contribution in [0, 0.1) is 0 Å². The molecule has 0 saturated heterocycles. The largest absolute Gasteiger partial charge is 0.330 e. The van der Waals surface area contributed by atoms with Gasteiger partial charge in [-0.15, -0.1) is 0 Å². The summed E-state index contributed by atoms with van der Waals surface area (Å²) in [5.41, 5.74) is 5.63. The van der Waals surface area contributed by atoms with Crippen molar-refractivity contribution >= 4 is 18.1 Å². The van der Waals surface area contributed by atoms with Gasteiger partial charge in [0.15, 0.2) is 0 Å². The second kappa shape index (κ2) is 33.7. The standard InChI is InChI=1S/C38H73N2O3/c1-3-5-7-9-11-13-15-17-19-21-23-25-27-32-37(42)40(36(35-41)31-29-30-34-39)38(43)33-28-26-24-22-20-18-16-14-12-10-8-6-4-2/h36H,3-34,39H2,1-2H3/t36-/m0/s1. The fourth-order valence-electron chi connectivity index (χ4n) is 6.04. The maximum atomic E-state index is 13.2.